The van der Waals surface area contributed by atoms with Crippen LogP contribution in [0.25, 0.3) is 0 Å². The Labute approximate surface area is 179 Å². The fraction of sp³-hybridized carbons (Fsp3) is 0.267. The van der Waals surface area contributed by atoms with Crippen molar-refractivity contribution in [1.82, 2.24) is 14.7 Å². The highest BCUT2D eigenvalue weighted by atomic mass is 32.2. The maximum absolute atomic E-state index is 12.5. The number of methoxy groups -OCH3 is 2. The van der Waals surface area contributed by atoms with Crippen LogP contribution in [0, 0.1) is 0 Å². The summed E-state index contributed by atoms with van der Waals surface area (Å²) in [7, 11) is -7.53. The molecule has 2 amide bonds. The molecule has 0 atom stereocenters. The van der Waals surface area contributed by atoms with Gasteiger partial charge in [-0.25, -0.2) is 17.9 Å². The van der Waals surface area contributed by atoms with Crippen LogP contribution in [0.1, 0.15) is 0 Å². The van der Waals surface area contributed by atoms with Gasteiger partial charge in [-0.05, 0) is 12.1 Å². The van der Waals surface area contributed by atoms with E-state index in [2.05, 4.69) is 14.2 Å². The lowest BCUT2D eigenvalue weighted by Gasteiger charge is -2.13. The molecule has 0 unspecified atom stereocenters. The Bertz CT molecular complexity index is 1180. The SMILES string of the molecule is COc1cc(OC)nc(NC(=O)NS(=O)(=O)c2ccccc2S(=O)(=O)OCC(F)(F)F)n1. The third kappa shape index (κ3) is 6.66. The van der Waals surface area contributed by atoms with Crippen LogP contribution in [-0.2, 0) is 24.3 Å². The normalized spacial score (nSPS) is 12.2. The summed E-state index contributed by atoms with van der Waals surface area (Å²) in [6, 6.07) is 3.45. The first kappa shape index (κ1) is 25.1. The van der Waals surface area contributed by atoms with Gasteiger partial charge in [0, 0.05) is 0 Å². The first-order chi connectivity index (χ1) is 14.8. The van der Waals surface area contributed by atoms with Crippen molar-refractivity contribution in [3.8, 4) is 11.8 Å². The van der Waals surface area contributed by atoms with Crippen molar-refractivity contribution in [2.45, 2.75) is 16.0 Å². The van der Waals surface area contributed by atoms with E-state index in [4.69, 9.17) is 9.47 Å². The minimum absolute atomic E-state index is 0.0340. The number of anilines is 1. The number of rotatable bonds is 8. The summed E-state index contributed by atoms with van der Waals surface area (Å²) >= 11 is 0. The number of alkyl halides is 3. The molecular formula is C15H15F3N4O8S2. The van der Waals surface area contributed by atoms with Crippen LogP contribution < -0.4 is 19.5 Å². The number of hydrogen-bond acceptors (Lipinski definition) is 10. The van der Waals surface area contributed by atoms with Gasteiger partial charge in [-0.15, -0.1) is 0 Å². The summed E-state index contributed by atoms with van der Waals surface area (Å²) in [5, 5.41) is 1.98. The Balaban J connectivity index is 2.29. The van der Waals surface area contributed by atoms with Crippen molar-refractivity contribution >= 4 is 32.1 Å². The van der Waals surface area contributed by atoms with Gasteiger partial charge >= 0.3 is 12.2 Å². The zero-order chi connectivity index (χ0) is 24.2. The molecule has 32 heavy (non-hydrogen) atoms. The monoisotopic (exact) mass is 500 g/mol. The van der Waals surface area contributed by atoms with E-state index in [1.165, 1.54) is 25.0 Å². The first-order valence-electron chi connectivity index (χ1n) is 8.13. The van der Waals surface area contributed by atoms with E-state index in [-0.39, 0.29) is 11.8 Å². The van der Waals surface area contributed by atoms with E-state index in [1.807, 2.05) is 5.32 Å². The number of halogens is 3. The van der Waals surface area contributed by atoms with Gasteiger partial charge in [-0.1, -0.05) is 12.1 Å². The molecule has 0 spiro atoms. The molecule has 0 saturated carbocycles. The highest BCUT2D eigenvalue weighted by Crippen LogP contribution is 2.25. The van der Waals surface area contributed by atoms with E-state index in [9.17, 15) is 34.8 Å². The Morgan fingerprint density at radius 3 is 2.03 bits per heavy atom. The lowest BCUT2D eigenvalue weighted by Crippen LogP contribution is -2.35. The molecule has 1 aromatic heterocycles. The molecule has 0 aliphatic heterocycles. The van der Waals surface area contributed by atoms with Gasteiger partial charge in [0.2, 0.25) is 17.7 Å². The van der Waals surface area contributed by atoms with Crippen molar-refractivity contribution in [1.29, 1.82) is 0 Å². The molecule has 1 aromatic carbocycles. The molecule has 0 fully saturated rings. The van der Waals surface area contributed by atoms with Crippen LogP contribution in [0.3, 0.4) is 0 Å². The Kier molecular flexibility index (Phi) is 7.47. The van der Waals surface area contributed by atoms with Gasteiger partial charge in [0.05, 0.1) is 20.3 Å². The summed E-state index contributed by atoms with van der Waals surface area (Å²) in [4.78, 5) is 17.5. The summed E-state index contributed by atoms with van der Waals surface area (Å²) in [6.07, 6.45) is -4.99. The third-order valence-corrected chi connectivity index (χ3v) is 6.18. The molecule has 0 radical (unpaired) electrons. The van der Waals surface area contributed by atoms with Crippen molar-refractivity contribution in [2.24, 2.45) is 0 Å². The van der Waals surface area contributed by atoms with Gasteiger partial charge < -0.3 is 9.47 Å². The molecule has 0 saturated heterocycles. The van der Waals surface area contributed by atoms with E-state index >= 15 is 0 Å². The Morgan fingerprint density at radius 1 is 1.00 bits per heavy atom. The van der Waals surface area contributed by atoms with Gasteiger partial charge in [-0.3, -0.25) is 9.50 Å². The van der Waals surface area contributed by atoms with Gasteiger partial charge in [0.25, 0.3) is 20.1 Å². The van der Waals surface area contributed by atoms with E-state index in [1.54, 1.807) is 0 Å². The second kappa shape index (κ2) is 9.53. The molecule has 0 bridgehead atoms. The number of carbonyl (C=O) groups is 1. The Morgan fingerprint density at radius 2 is 1.53 bits per heavy atom. The number of urea groups is 1. The summed E-state index contributed by atoms with van der Waals surface area (Å²) in [6.45, 7) is -2.17. The number of nitrogens with zero attached hydrogens (tertiary/aromatic N) is 2. The second-order valence-electron chi connectivity index (χ2n) is 5.61. The zero-order valence-corrected chi connectivity index (χ0v) is 17.8. The van der Waals surface area contributed by atoms with Crippen LogP contribution in [-0.4, -0.2) is 59.8 Å². The van der Waals surface area contributed by atoms with Crippen LogP contribution in [0.4, 0.5) is 23.9 Å². The van der Waals surface area contributed by atoms with Crippen LogP contribution in [0.5, 0.6) is 11.8 Å². The smallest absolute Gasteiger partial charge is 0.413 e. The Hall–Kier alpha value is -3.18. The summed E-state index contributed by atoms with van der Waals surface area (Å²) in [5.74, 6) is -0.496. The van der Waals surface area contributed by atoms with Crippen LogP contribution in [0.2, 0.25) is 0 Å². The molecule has 1 heterocycles. The number of aromatic nitrogens is 2. The minimum Gasteiger partial charge on any atom is -0.481 e. The van der Waals surface area contributed by atoms with Gasteiger partial charge in [0.15, 0.2) is 6.61 Å². The second-order valence-corrected chi connectivity index (χ2v) is 8.85. The molecule has 2 rings (SSSR count). The van der Waals surface area contributed by atoms with Crippen LogP contribution >= 0.6 is 0 Å². The predicted octanol–water partition coefficient (Wildman–Crippen LogP) is 1.27. The van der Waals surface area contributed by atoms with Crippen molar-refractivity contribution in [3.05, 3.63) is 30.3 Å². The fourth-order valence-corrected chi connectivity index (χ4v) is 4.67. The molecular weight excluding hydrogens is 485 g/mol. The molecule has 0 aliphatic rings. The molecule has 2 aromatic rings. The third-order valence-electron chi connectivity index (χ3n) is 3.34. The number of sulfonamides is 1. The average Bonchev–Trinajstić information content (AvgIpc) is 2.71. The standard InChI is InChI=1S/C15H15F3N4O8S2/c1-28-11-7-12(29-2)20-13(19-11)21-14(23)22-31(24,25)9-5-3-4-6-10(9)32(26,27)30-8-15(16,17)18/h3-7H,8H2,1-2H3,(H2,19,20,21,22,23). The highest BCUT2D eigenvalue weighted by molar-refractivity contribution is 7.92. The molecule has 176 valence electrons. The van der Waals surface area contributed by atoms with Crippen molar-refractivity contribution in [2.75, 3.05) is 26.1 Å². The topological polar surface area (TPSA) is 163 Å². The van der Waals surface area contributed by atoms with Crippen molar-refractivity contribution < 1.29 is 48.5 Å². The average molecular weight is 500 g/mol. The predicted molar refractivity (Wildman–Crippen MR) is 100 cm³/mol. The largest absolute Gasteiger partial charge is 0.481 e. The summed E-state index contributed by atoms with van der Waals surface area (Å²) < 4.78 is 101. The van der Waals surface area contributed by atoms with Crippen LogP contribution in [0.15, 0.2) is 40.1 Å². The lowest BCUT2D eigenvalue weighted by molar-refractivity contribution is -0.152. The van der Waals surface area contributed by atoms with E-state index in [0.29, 0.717) is 6.07 Å². The van der Waals surface area contributed by atoms with E-state index < -0.39 is 54.7 Å². The maximum Gasteiger partial charge on any atom is 0.413 e. The summed E-state index contributed by atoms with van der Waals surface area (Å²) in [5.41, 5.74) is 0. The number of ether oxygens (including phenoxy) is 2. The fourth-order valence-electron chi connectivity index (χ4n) is 2.06. The molecule has 17 heteroatoms. The minimum atomic E-state index is -5.15. The molecule has 12 nitrogen and oxygen atoms in total. The number of benzene rings is 1. The molecule has 0 aliphatic carbocycles. The van der Waals surface area contributed by atoms with Gasteiger partial charge in [0.1, 0.15) is 9.79 Å². The molecule has 2 N–H and O–H groups in total. The van der Waals surface area contributed by atoms with E-state index in [0.717, 1.165) is 18.2 Å². The number of amides is 2. The maximum atomic E-state index is 12.5. The van der Waals surface area contributed by atoms with Crippen molar-refractivity contribution in [3.63, 3.8) is 0 Å². The zero-order valence-electron chi connectivity index (χ0n) is 16.2. The lowest BCUT2D eigenvalue weighted by atomic mass is 10.4. The quantitative estimate of drug-likeness (QED) is 0.505. The number of carbonyl (C=O) groups excluding carboxylic acids is 1. The number of hydrogen-bond donors (Lipinski definition) is 2. The number of nitrogens with one attached hydrogen (secondary N) is 2. The highest BCUT2D eigenvalue weighted by Gasteiger charge is 2.34. The van der Waals surface area contributed by atoms with Gasteiger partial charge in [-0.2, -0.15) is 31.6 Å². The first-order valence-corrected chi connectivity index (χ1v) is 11.0.